The Balaban J connectivity index is 2.20. The quantitative estimate of drug-likeness (QED) is 0.840. The number of aliphatic hydroxyl groups excluding tert-OH is 1. The third-order valence-corrected chi connectivity index (χ3v) is 2.68. The highest BCUT2D eigenvalue weighted by molar-refractivity contribution is 6.06. The molecule has 5 heteroatoms. The Hall–Kier alpha value is -2.84. The summed E-state index contributed by atoms with van der Waals surface area (Å²) < 4.78 is 5.11. The van der Waals surface area contributed by atoms with E-state index in [1.165, 1.54) is 19.5 Å². The SMILES string of the molecule is COc1cnccc1C(=O)Nc1cccc(C#CCO)c1. The smallest absolute Gasteiger partial charge is 0.259 e. The minimum Gasteiger partial charge on any atom is -0.494 e. The van der Waals surface area contributed by atoms with E-state index in [1.54, 1.807) is 30.3 Å². The third kappa shape index (κ3) is 3.81. The Labute approximate surface area is 122 Å². The van der Waals surface area contributed by atoms with Gasteiger partial charge in [-0.3, -0.25) is 9.78 Å². The molecule has 0 bridgehead atoms. The average molecular weight is 282 g/mol. The Morgan fingerprint density at radius 2 is 2.29 bits per heavy atom. The fourth-order valence-electron chi connectivity index (χ4n) is 1.74. The minimum atomic E-state index is -0.290. The van der Waals surface area contributed by atoms with E-state index in [1.807, 2.05) is 0 Å². The monoisotopic (exact) mass is 282 g/mol. The van der Waals surface area contributed by atoms with Crippen LogP contribution in [0.25, 0.3) is 0 Å². The van der Waals surface area contributed by atoms with Crippen LogP contribution in [0, 0.1) is 11.8 Å². The van der Waals surface area contributed by atoms with Gasteiger partial charge < -0.3 is 15.2 Å². The van der Waals surface area contributed by atoms with Crippen LogP contribution >= 0.6 is 0 Å². The largest absolute Gasteiger partial charge is 0.494 e. The van der Waals surface area contributed by atoms with Crippen LogP contribution in [0.2, 0.25) is 0 Å². The van der Waals surface area contributed by atoms with Crippen molar-refractivity contribution in [3.63, 3.8) is 0 Å². The summed E-state index contributed by atoms with van der Waals surface area (Å²) in [6.45, 7) is -0.204. The average Bonchev–Trinajstić information content (AvgIpc) is 2.53. The fourth-order valence-corrected chi connectivity index (χ4v) is 1.74. The summed E-state index contributed by atoms with van der Waals surface area (Å²) in [5, 5.41) is 11.5. The van der Waals surface area contributed by atoms with Crippen molar-refractivity contribution >= 4 is 11.6 Å². The summed E-state index contributed by atoms with van der Waals surface area (Å²) in [6, 6.07) is 8.65. The molecule has 21 heavy (non-hydrogen) atoms. The second kappa shape index (κ2) is 7.08. The van der Waals surface area contributed by atoms with E-state index >= 15 is 0 Å². The highest BCUT2D eigenvalue weighted by Crippen LogP contribution is 2.18. The first kappa shape index (κ1) is 14.6. The molecule has 0 aliphatic carbocycles. The van der Waals surface area contributed by atoms with Gasteiger partial charge in [-0.15, -0.1) is 0 Å². The molecule has 0 aliphatic heterocycles. The first-order valence-corrected chi connectivity index (χ1v) is 6.23. The van der Waals surface area contributed by atoms with Gasteiger partial charge in [0.05, 0.1) is 18.9 Å². The van der Waals surface area contributed by atoms with Crippen molar-refractivity contribution in [3.05, 3.63) is 53.9 Å². The highest BCUT2D eigenvalue weighted by atomic mass is 16.5. The number of ether oxygens (including phenoxy) is 1. The number of nitrogens with zero attached hydrogens (tertiary/aromatic N) is 1. The van der Waals surface area contributed by atoms with Gasteiger partial charge in [-0.25, -0.2) is 0 Å². The summed E-state index contributed by atoms with van der Waals surface area (Å²) in [7, 11) is 1.49. The maximum atomic E-state index is 12.2. The summed E-state index contributed by atoms with van der Waals surface area (Å²) in [5.41, 5.74) is 1.73. The molecule has 5 nitrogen and oxygen atoms in total. The van der Waals surface area contributed by atoms with Crippen LogP contribution in [0.1, 0.15) is 15.9 Å². The second-order valence-corrected chi connectivity index (χ2v) is 4.07. The summed E-state index contributed by atoms with van der Waals surface area (Å²) in [5.74, 6) is 5.46. The van der Waals surface area contributed by atoms with Gasteiger partial charge in [0.2, 0.25) is 0 Å². The van der Waals surface area contributed by atoms with Gasteiger partial charge in [-0.1, -0.05) is 17.9 Å². The molecule has 0 saturated carbocycles. The van der Waals surface area contributed by atoms with Crippen molar-refractivity contribution in [3.8, 4) is 17.6 Å². The number of hydrogen-bond acceptors (Lipinski definition) is 4. The number of aliphatic hydroxyl groups is 1. The van der Waals surface area contributed by atoms with Gasteiger partial charge in [0.25, 0.3) is 5.91 Å². The van der Waals surface area contributed by atoms with Crippen LogP contribution in [-0.2, 0) is 0 Å². The molecule has 0 aliphatic rings. The predicted molar refractivity (Wildman–Crippen MR) is 79.1 cm³/mol. The van der Waals surface area contributed by atoms with Gasteiger partial charge in [-0.2, -0.15) is 0 Å². The van der Waals surface area contributed by atoms with Gasteiger partial charge in [0.1, 0.15) is 12.4 Å². The van der Waals surface area contributed by atoms with Gasteiger partial charge >= 0.3 is 0 Å². The van der Waals surface area contributed by atoms with Crippen LogP contribution in [-0.4, -0.2) is 29.7 Å². The number of rotatable bonds is 3. The summed E-state index contributed by atoms with van der Waals surface area (Å²) in [4.78, 5) is 16.1. The number of hydrogen-bond donors (Lipinski definition) is 2. The van der Waals surface area contributed by atoms with E-state index in [4.69, 9.17) is 9.84 Å². The maximum absolute atomic E-state index is 12.2. The molecule has 0 saturated heterocycles. The molecule has 0 atom stereocenters. The Morgan fingerprint density at radius 3 is 3.05 bits per heavy atom. The standard InChI is InChI=1S/C16H14N2O3/c1-21-15-11-17-8-7-14(15)16(20)18-13-6-2-4-12(10-13)5-3-9-19/h2,4,6-8,10-11,19H,9H2,1H3,(H,18,20). The maximum Gasteiger partial charge on any atom is 0.259 e. The number of carbonyl (C=O) groups excluding carboxylic acids is 1. The molecule has 2 rings (SSSR count). The van der Waals surface area contributed by atoms with Gasteiger partial charge in [-0.05, 0) is 24.3 Å². The molecular weight excluding hydrogens is 268 g/mol. The molecule has 0 radical (unpaired) electrons. The van der Waals surface area contributed by atoms with Crippen molar-refractivity contribution < 1.29 is 14.6 Å². The molecule has 106 valence electrons. The van der Waals surface area contributed by atoms with E-state index in [0.29, 0.717) is 22.6 Å². The second-order valence-electron chi connectivity index (χ2n) is 4.07. The zero-order valence-corrected chi connectivity index (χ0v) is 11.5. The topological polar surface area (TPSA) is 71.5 Å². The van der Waals surface area contributed by atoms with Crippen LogP contribution in [0.4, 0.5) is 5.69 Å². The number of anilines is 1. The fraction of sp³-hybridized carbons (Fsp3) is 0.125. The first-order chi connectivity index (χ1) is 10.2. The lowest BCUT2D eigenvalue weighted by molar-refractivity contribution is 0.102. The van der Waals surface area contributed by atoms with Gasteiger partial charge in [0, 0.05) is 17.4 Å². The molecule has 0 unspecified atom stereocenters. The zero-order valence-electron chi connectivity index (χ0n) is 11.5. The molecule has 2 aromatic rings. The Bertz CT molecular complexity index is 702. The van der Waals surface area contributed by atoms with Gasteiger partial charge in [0.15, 0.2) is 0 Å². The predicted octanol–water partition coefficient (Wildman–Crippen LogP) is 1.69. The van der Waals surface area contributed by atoms with E-state index < -0.39 is 0 Å². The van der Waals surface area contributed by atoms with E-state index in [0.717, 1.165) is 0 Å². The highest BCUT2D eigenvalue weighted by Gasteiger charge is 2.12. The lowest BCUT2D eigenvalue weighted by Crippen LogP contribution is -2.13. The lowest BCUT2D eigenvalue weighted by atomic mass is 10.2. The number of nitrogens with one attached hydrogen (secondary N) is 1. The van der Waals surface area contributed by atoms with E-state index in [2.05, 4.69) is 22.1 Å². The number of pyridine rings is 1. The van der Waals surface area contributed by atoms with Crippen molar-refractivity contribution in [1.82, 2.24) is 4.98 Å². The number of aromatic nitrogens is 1. The van der Waals surface area contributed by atoms with Crippen LogP contribution < -0.4 is 10.1 Å². The minimum absolute atomic E-state index is 0.204. The third-order valence-electron chi connectivity index (χ3n) is 2.68. The van der Waals surface area contributed by atoms with E-state index in [-0.39, 0.29) is 12.5 Å². The van der Waals surface area contributed by atoms with Crippen molar-refractivity contribution in [1.29, 1.82) is 0 Å². The Morgan fingerprint density at radius 1 is 1.43 bits per heavy atom. The zero-order chi connectivity index (χ0) is 15.1. The Kier molecular flexibility index (Phi) is 4.91. The van der Waals surface area contributed by atoms with E-state index in [9.17, 15) is 4.79 Å². The molecule has 1 amide bonds. The number of methoxy groups -OCH3 is 1. The number of carbonyl (C=O) groups is 1. The first-order valence-electron chi connectivity index (χ1n) is 6.23. The molecule has 1 heterocycles. The van der Waals surface area contributed by atoms with Crippen LogP contribution in [0.15, 0.2) is 42.7 Å². The van der Waals surface area contributed by atoms with Crippen LogP contribution in [0.3, 0.4) is 0 Å². The number of benzene rings is 1. The molecule has 2 N–H and O–H groups in total. The normalized spacial score (nSPS) is 9.43. The molecular formula is C16H14N2O3. The summed E-state index contributed by atoms with van der Waals surface area (Å²) in [6.07, 6.45) is 3.01. The number of amides is 1. The molecule has 1 aromatic carbocycles. The van der Waals surface area contributed by atoms with Crippen molar-refractivity contribution in [2.45, 2.75) is 0 Å². The molecule has 0 fully saturated rings. The van der Waals surface area contributed by atoms with Crippen LogP contribution in [0.5, 0.6) is 5.75 Å². The van der Waals surface area contributed by atoms with Crippen molar-refractivity contribution in [2.24, 2.45) is 0 Å². The summed E-state index contributed by atoms with van der Waals surface area (Å²) >= 11 is 0. The lowest BCUT2D eigenvalue weighted by Gasteiger charge is -2.08. The molecule has 0 spiro atoms. The molecule has 1 aromatic heterocycles. The van der Waals surface area contributed by atoms with Crippen molar-refractivity contribution in [2.75, 3.05) is 19.0 Å².